The number of amides is 1. The summed E-state index contributed by atoms with van der Waals surface area (Å²) in [4.78, 5) is 33.2. The predicted octanol–water partition coefficient (Wildman–Crippen LogP) is 1.19. The van der Waals surface area contributed by atoms with Gasteiger partial charge in [0.05, 0.1) is 6.54 Å². The fourth-order valence-corrected chi connectivity index (χ4v) is 2.41. The second-order valence-electron chi connectivity index (χ2n) is 4.91. The van der Waals surface area contributed by atoms with Crippen molar-refractivity contribution >= 4 is 24.7 Å². The van der Waals surface area contributed by atoms with Gasteiger partial charge in [-0.3, -0.25) is 9.59 Å². The molecule has 1 heterocycles. The lowest BCUT2D eigenvalue weighted by atomic mass is 9.41. The second kappa shape index (κ2) is 7.25. The van der Waals surface area contributed by atoms with Crippen LogP contribution in [-0.2, 0) is 14.4 Å². The Balaban J connectivity index is 2.24. The molecule has 1 amide bonds. The molecule has 1 aliphatic rings. The van der Waals surface area contributed by atoms with E-state index in [1.165, 1.54) is 6.32 Å². The summed E-state index contributed by atoms with van der Waals surface area (Å²) in [6, 6.07) is 0. The normalized spacial score (nSPS) is 19.8. The molecule has 94 valence electrons. The lowest BCUT2D eigenvalue weighted by molar-refractivity contribution is -0.127. The molecule has 0 bridgehead atoms. The van der Waals surface area contributed by atoms with Gasteiger partial charge in [-0.05, 0) is 6.42 Å². The lowest BCUT2D eigenvalue weighted by Gasteiger charge is -2.23. The molecule has 4 nitrogen and oxygen atoms in total. The van der Waals surface area contributed by atoms with Crippen LogP contribution >= 0.6 is 0 Å². The lowest BCUT2D eigenvalue weighted by Crippen LogP contribution is -2.28. The standard InChI is InChI=1S/C12H20BNO3/c1-13-6-2-3-10(9-13)11(16)4-5-12(17)14-7-8-15/h8,10H,2-7,9H2,1H3,(H,14,17). The Hall–Kier alpha value is -1.13. The highest BCUT2D eigenvalue weighted by Gasteiger charge is 2.26. The number of hydrogen-bond acceptors (Lipinski definition) is 3. The van der Waals surface area contributed by atoms with Gasteiger partial charge in [0.25, 0.3) is 0 Å². The zero-order chi connectivity index (χ0) is 12.7. The summed E-state index contributed by atoms with van der Waals surface area (Å²) in [5, 5.41) is 2.44. The van der Waals surface area contributed by atoms with E-state index in [0.29, 0.717) is 19.4 Å². The Morgan fingerprint density at radius 1 is 1.41 bits per heavy atom. The average molecular weight is 237 g/mol. The van der Waals surface area contributed by atoms with Crippen molar-refractivity contribution in [2.45, 2.75) is 45.1 Å². The molecule has 17 heavy (non-hydrogen) atoms. The van der Waals surface area contributed by atoms with Gasteiger partial charge in [0.2, 0.25) is 5.91 Å². The topological polar surface area (TPSA) is 63.2 Å². The molecule has 1 atom stereocenters. The SMILES string of the molecule is CB1CCCC(C(=O)CCC(=O)NCC=O)C1. The quantitative estimate of drug-likeness (QED) is 0.557. The Morgan fingerprint density at radius 3 is 2.82 bits per heavy atom. The number of Topliss-reactive ketones (excluding diaryl/α,β-unsaturated/α-hetero) is 1. The molecule has 1 N–H and O–H groups in total. The van der Waals surface area contributed by atoms with Gasteiger partial charge in [0.15, 0.2) is 0 Å². The zero-order valence-corrected chi connectivity index (χ0v) is 10.4. The maximum absolute atomic E-state index is 11.9. The molecule has 0 aromatic rings. The summed E-state index contributed by atoms with van der Waals surface area (Å²) < 4.78 is 0. The van der Waals surface area contributed by atoms with Gasteiger partial charge in [-0.2, -0.15) is 0 Å². The molecule has 0 aromatic heterocycles. The molecule has 1 fully saturated rings. The molecule has 0 radical (unpaired) electrons. The predicted molar refractivity (Wildman–Crippen MR) is 67.3 cm³/mol. The van der Waals surface area contributed by atoms with Gasteiger partial charge in [-0.1, -0.05) is 25.9 Å². The van der Waals surface area contributed by atoms with Gasteiger partial charge >= 0.3 is 0 Å². The van der Waals surface area contributed by atoms with E-state index in [0.717, 1.165) is 19.2 Å². The first-order valence-corrected chi connectivity index (χ1v) is 6.36. The maximum Gasteiger partial charge on any atom is 0.220 e. The number of rotatable bonds is 6. The van der Waals surface area contributed by atoms with E-state index in [-0.39, 0.29) is 30.6 Å². The molecule has 1 aliphatic heterocycles. The fourth-order valence-electron chi connectivity index (χ4n) is 2.41. The van der Waals surface area contributed by atoms with E-state index in [1.807, 2.05) is 0 Å². The van der Waals surface area contributed by atoms with Crippen molar-refractivity contribution in [3.05, 3.63) is 0 Å². The number of ketones is 1. The number of hydrogen-bond donors (Lipinski definition) is 1. The van der Waals surface area contributed by atoms with Gasteiger partial charge in [0, 0.05) is 18.8 Å². The van der Waals surface area contributed by atoms with Crippen molar-refractivity contribution in [2.75, 3.05) is 6.54 Å². The number of carbonyl (C=O) groups is 3. The molecule has 0 aliphatic carbocycles. The maximum atomic E-state index is 11.9. The van der Waals surface area contributed by atoms with Crippen LogP contribution in [0, 0.1) is 5.92 Å². The summed E-state index contributed by atoms with van der Waals surface area (Å²) in [5.41, 5.74) is 0. The Morgan fingerprint density at radius 2 is 2.18 bits per heavy atom. The summed E-state index contributed by atoms with van der Waals surface area (Å²) in [7, 11) is 0. The van der Waals surface area contributed by atoms with Crippen LogP contribution in [0.5, 0.6) is 0 Å². The highest BCUT2D eigenvalue weighted by atomic mass is 16.2. The number of aldehydes is 1. The van der Waals surface area contributed by atoms with E-state index in [1.54, 1.807) is 0 Å². The van der Waals surface area contributed by atoms with Crippen molar-refractivity contribution in [3.8, 4) is 0 Å². The third-order valence-corrected chi connectivity index (χ3v) is 3.37. The third kappa shape index (κ3) is 5.15. The molecule has 0 spiro atoms. The van der Waals surface area contributed by atoms with E-state index in [2.05, 4.69) is 12.1 Å². The van der Waals surface area contributed by atoms with Crippen molar-refractivity contribution < 1.29 is 14.4 Å². The minimum Gasteiger partial charge on any atom is -0.349 e. The smallest absolute Gasteiger partial charge is 0.220 e. The molecule has 1 unspecified atom stereocenters. The molecule has 1 saturated heterocycles. The van der Waals surface area contributed by atoms with Crippen LogP contribution in [0.4, 0.5) is 0 Å². The van der Waals surface area contributed by atoms with E-state index >= 15 is 0 Å². The summed E-state index contributed by atoms with van der Waals surface area (Å²) in [6.45, 7) is 2.84. The molecule has 5 heteroatoms. The molecular weight excluding hydrogens is 217 g/mol. The van der Waals surface area contributed by atoms with E-state index in [4.69, 9.17) is 0 Å². The van der Waals surface area contributed by atoms with Crippen LogP contribution in [0.2, 0.25) is 19.5 Å². The van der Waals surface area contributed by atoms with Crippen molar-refractivity contribution in [2.24, 2.45) is 5.92 Å². The van der Waals surface area contributed by atoms with Crippen molar-refractivity contribution in [1.82, 2.24) is 5.32 Å². The Bertz CT molecular complexity index is 293. The second-order valence-corrected chi connectivity index (χ2v) is 4.91. The number of carbonyl (C=O) groups excluding carboxylic acids is 3. The average Bonchev–Trinajstić information content (AvgIpc) is 2.33. The zero-order valence-electron chi connectivity index (χ0n) is 10.4. The highest BCUT2D eigenvalue weighted by Crippen LogP contribution is 2.26. The van der Waals surface area contributed by atoms with Gasteiger partial charge in [-0.25, -0.2) is 0 Å². The van der Waals surface area contributed by atoms with Crippen LogP contribution in [0.1, 0.15) is 25.7 Å². The minimum absolute atomic E-state index is 0.0352. The Kier molecular flexibility index (Phi) is 5.94. The number of nitrogens with one attached hydrogen (secondary N) is 1. The monoisotopic (exact) mass is 237 g/mol. The van der Waals surface area contributed by atoms with Gasteiger partial charge in [-0.15, -0.1) is 0 Å². The largest absolute Gasteiger partial charge is 0.349 e. The molecule has 1 rings (SSSR count). The molecule has 0 aromatic carbocycles. The first-order valence-electron chi connectivity index (χ1n) is 6.36. The van der Waals surface area contributed by atoms with Gasteiger partial charge in [0.1, 0.15) is 18.8 Å². The Labute approximate surface area is 103 Å². The van der Waals surface area contributed by atoms with Crippen LogP contribution in [-0.4, -0.2) is 31.2 Å². The van der Waals surface area contributed by atoms with Crippen molar-refractivity contribution in [3.63, 3.8) is 0 Å². The van der Waals surface area contributed by atoms with Crippen LogP contribution in [0.15, 0.2) is 0 Å². The first kappa shape index (κ1) is 13.9. The van der Waals surface area contributed by atoms with E-state index < -0.39 is 0 Å². The first-order chi connectivity index (χ1) is 8.13. The fraction of sp³-hybridized carbons (Fsp3) is 0.750. The summed E-state index contributed by atoms with van der Waals surface area (Å²) in [5.74, 6) is 0.143. The minimum atomic E-state index is -0.214. The third-order valence-electron chi connectivity index (χ3n) is 3.37. The van der Waals surface area contributed by atoms with Crippen LogP contribution in [0.3, 0.4) is 0 Å². The van der Waals surface area contributed by atoms with Crippen molar-refractivity contribution in [1.29, 1.82) is 0 Å². The summed E-state index contributed by atoms with van der Waals surface area (Å²) >= 11 is 0. The van der Waals surface area contributed by atoms with Gasteiger partial charge < -0.3 is 10.1 Å². The van der Waals surface area contributed by atoms with Crippen LogP contribution < -0.4 is 5.32 Å². The van der Waals surface area contributed by atoms with Crippen LogP contribution in [0.25, 0.3) is 0 Å². The molecule has 0 saturated carbocycles. The highest BCUT2D eigenvalue weighted by molar-refractivity contribution is 6.57. The molecular formula is C12H20BNO3. The van der Waals surface area contributed by atoms with E-state index in [9.17, 15) is 14.4 Å². The summed E-state index contributed by atoms with van der Waals surface area (Å²) in [6.07, 6.45) is 5.43.